The van der Waals surface area contributed by atoms with Crippen LogP contribution in [0.3, 0.4) is 0 Å². The number of nitrogens with zero attached hydrogens (tertiary/aromatic N) is 2. The predicted octanol–water partition coefficient (Wildman–Crippen LogP) is 3.50. The Morgan fingerprint density at radius 2 is 1.85 bits per heavy atom. The molecule has 0 unspecified atom stereocenters. The van der Waals surface area contributed by atoms with Crippen LogP contribution in [0.15, 0.2) is 26.9 Å². The van der Waals surface area contributed by atoms with Gasteiger partial charge in [-0.05, 0) is 37.7 Å². The molecule has 2 N–H and O–H groups in total. The van der Waals surface area contributed by atoms with Crippen molar-refractivity contribution in [3.8, 4) is 0 Å². The van der Waals surface area contributed by atoms with Gasteiger partial charge in [-0.1, -0.05) is 60.0 Å². The number of aromatic nitrogens is 2. The Hall–Kier alpha value is -1.58. The quantitative estimate of drug-likeness (QED) is 0.648. The van der Waals surface area contributed by atoms with Gasteiger partial charge in [0.2, 0.25) is 11.8 Å². The second kappa shape index (κ2) is 9.94. The Bertz CT molecular complexity index is 759. The van der Waals surface area contributed by atoms with E-state index in [-0.39, 0.29) is 23.6 Å². The second-order valence-corrected chi connectivity index (χ2v) is 9.64. The molecule has 1 heterocycles. The van der Waals surface area contributed by atoms with Crippen LogP contribution in [-0.2, 0) is 9.59 Å². The van der Waals surface area contributed by atoms with Crippen LogP contribution in [0, 0.1) is 13.8 Å². The van der Waals surface area contributed by atoms with Crippen LogP contribution in [0.4, 0.5) is 5.69 Å². The van der Waals surface area contributed by atoms with Crippen molar-refractivity contribution in [2.45, 2.75) is 41.6 Å². The van der Waals surface area contributed by atoms with Crippen LogP contribution in [-0.4, -0.2) is 39.6 Å². The van der Waals surface area contributed by atoms with Crippen LogP contribution in [0.25, 0.3) is 0 Å². The third kappa shape index (κ3) is 6.00. The van der Waals surface area contributed by atoms with Gasteiger partial charge in [0.25, 0.3) is 0 Å². The highest BCUT2D eigenvalue weighted by Crippen LogP contribution is 2.31. The lowest BCUT2D eigenvalue weighted by Crippen LogP contribution is -2.37. The van der Waals surface area contributed by atoms with E-state index in [4.69, 9.17) is 0 Å². The summed E-state index contributed by atoms with van der Waals surface area (Å²) in [6.07, 6.45) is 0. The number of carbonyl (C=O) groups excluding carboxylic acids is 2. The molecule has 0 spiro atoms. The van der Waals surface area contributed by atoms with E-state index in [1.54, 1.807) is 18.7 Å². The first kappa shape index (κ1) is 20.7. The summed E-state index contributed by atoms with van der Waals surface area (Å²) < 4.78 is 1.65. The normalized spacial score (nSPS) is 11.8. The fourth-order valence-electron chi connectivity index (χ4n) is 2.14. The third-order valence-corrected chi connectivity index (χ3v) is 6.59. The van der Waals surface area contributed by atoms with E-state index in [1.165, 1.54) is 23.1 Å². The van der Waals surface area contributed by atoms with Gasteiger partial charge < -0.3 is 10.6 Å². The minimum Gasteiger partial charge on any atom is -0.346 e. The summed E-state index contributed by atoms with van der Waals surface area (Å²) in [6.45, 7) is 7.65. The maximum atomic E-state index is 12.2. The molecule has 1 aromatic carbocycles. The van der Waals surface area contributed by atoms with Crippen molar-refractivity contribution >= 4 is 52.4 Å². The van der Waals surface area contributed by atoms with Crippen LogP contribution in [0.5, 0.6) is 0 Å². The van der Waals surface area contributed by atoms with E-state index >= 15 is 0 Å². The van der Waals surface area contributed by atoms with Crippen molar-refractivity contribution in [1.82, 2.24) is 15.5 Å². The van der Waals surface area contributed by atoms with Gasteiger partial charge in [0.15, 0.2) is 8.68 Å². The molecule has 1 atom stereocenters. The molecular formula is C17H22N4O2S3. The average molecular weight is 411 g/mol. The minimum atomic E-state index is -0.351. The van der Waals surface area contributed by atoms with Gasteiger partial charge in [-0.2, -0.15) is 0 Å². The molecular weight excluding hydrogens is 388 g/mol. The first-order valence-corrected chi connectivity index (χ1v) is 10.9. The van der Waals surface area contributed by atoms with E-state index in [2.05, 4.69) is 27.8 Å². The van der Waals surface area contributed by atoms with Crippen molar-refractivity contribution < 1.29 is 9.59 Å². The molecule has 0 saturated carbocycles. The fraction of sp³-hybridized carbons (Fsp3) is 0.412. The Balaban J connectivity index is 1.82. The highest BCUT2D eigenvalue weighted by molar-refractivity contribution is 8.03. The lowest BCUT2D eigenvalue weighted by Gasteiger charge is -2.13. The maximum absolute atomic E-state index is 12.2. The SMILES string of the molecule is CCSc1nnc(S[C@@H](C)C(=O)NCC(=O)Nc2c(C)cccc2C)s1. The Labute approximate surface area is 165 Å². The number of rotatable bonds is 8. The topological polar surface area (TPSA) is 84.0 Å². The highest BCUT2D eigenvalue weighted by atomic mass is 32.2. The molecule has 0 bridgehead atoms. The molecule has 0 saturated heterocycles. The zero-order valence-corrected chi connectivity index (χ0v) is 17.6. The molecule has 0 aliphatic carbocycles. The van der Waals surface area contributed by atoms with Gasteiger partial charge in [-0.3, -0.25) is 9.59 Å². The zero-order valence-electron chi connectivity index (χ0n) is 15.2. The summed E-state index contributed by atoms with van der Waals surface area (Å²) in [5.41, 5.74) is 2.78. The van der Waals surface area contributed by atoms with Crippen LogP contribution < -0.4 is 10.6 Å². The summed E-state index contributed by atoms with van der Waals surface area (Å²) in [6, 6.07) is 5.82. The highest BCUT2D eigenvalue weighted by Gasteiger charge is 2.18. The van der Waals surface area contributed by atoms with Crippen LogP contribution in [0.2, 0.25) is 0 Å². The van der Waals surface area contributed by atoms with Gasteiger partial charge in [0.05, 0.1) is 11.8 Å². The van der Waals surface area contributed by atoms with E-state index in [0.717, 1.165) is 31.2 Å². The monoisotopic (exact) mass is 410 g/mol. The molecule has 0 aliphatic rings. The Morgan fingerprint density at radius 3 is 2.50 bits per heavy atom. The molecule has 1 aromatic heterocycles. The summed E-state index contributed by atoms with van der Waals surface area (Å²) in [5, 5.41) is 13.3. The molecule has 26 heavy (non-hydrogen) atoms. The van der Waals surface area contributed by atoms with Crippen LogP contribution in [0.1, 0.15) is 25.0 Å². The number of nitrogens with one attached hydrogen (secondary N) is 2. The fourth-order valence-corrected chi connectivity index (χ4v) is 5.22. The van der Waals surface area contributed by atoms with E-state index in [9.17, 15) is 9.59 Å². The molecule has 2 amide bonds. The largest absolute Gasteiger partial charge is 0.346 e. The number of thioether (sulfide) groups is 2. The van der Waals surface area contributed by atoms with Crippen molar-refractivity contribution in [2.24, 2.45) is 0 Å². The zero-order chi connectivity index (χ0) is 19.1. The number of carbonyl (C=O) groups is 2. The lowest BCUT2D eigenvalue weighted by atomic mass is 10.1. The average Bonchev–Trinajstić information content (AvgIpc) is 3.03. The van der Waals surface area contributed by atoms with Crippen LogP contribution >= 0.6 is 34.9 Å². The molecule has 0 radical (unpaired) electrons. The third-order valence-electron chi connectivity index (χ3n) is 3.47. The molecule has 2 aromatic rings. The Morgan fingerprint density at radius 1 is 1.19 bits per heavy atom. The van der Waals surface area contributed by atoms with Crippen molar-refractivity contribution in [3.05, 3.63) is 29.3 Å². The van der Waals surface area contributed by atoms with E-state index < -0.39 is 0 Å². The molecule has 0 fully saturated rings. The molecule has 6 nitrogen and oxygen atoms in total. The first-order chi connectivity index (χ1) is 12.4. The molecule has 9 heteroatoms. The van der Waals surface area contributed by atoms with Gasteiger partial charge in [0.1, 0.15) is 0 Å². The second-order valence-electron chi connectivity index (χ2n) is 5.56. The maximum Gasteiger partial charge on any atom is 0.243 e. The number of hydrogen-bond acceptors (Lipinski definition) is 7. The van der Waals surface area contributed by atoms with Gasteiger partial charge in [0, 0.05) is 5.69 Å². The summed E-state index contributed by atoms with van der Waals surface area (Å²) >= 11 is 4.45. The standard InChI is InChI=1S/C17H22N4O2S3/c1-5-24-16-20-21-17(26-16)25-12(4)15(23)18-9-13(22)19-14-10(2)7-6-8-11(14)3/h6-8,12H,5,9H2,1-4H3,(H,18,23)(H,19,22)/t12-/m0/s1. The van der Waals surface area contributed by atoms with Crippen molar-refractivity contribution in [2.75, 3.05) is 17.6 Å². The number of aryl methyl sites for hydroxylation is 2. The first-order valence-electron chi connectivity index (χ1n) is 8.17. The summed E-state index contributed by atoms with van der Waals surface area (Å²) in [7, 11) is 0. The van der Waals surface area contributed by atoms with Gasteiger partial charge >= 0.3 is 0 Å². The number of para-hydroxylation sites is 1. The number of amides is 2. The predicted molar refractivity (Wildman–Crippen MR) is 109 cm³/mol. The number of benzene rings is 1. The summed E-state index contributed by atoms with van der Waals surface area (Å²) in [4.78, 5) is 24.3. The van der Waals surface area contributed by atoms with Gasteiger partial charge in [-0.15, -0.1) is 10.2 Å². The van der Waals surface area contributed by atoms with Crippen molar-refractivity contribution in [3.63, 3.8) is 0 Å². The number of anilines is 1. The minimum absolute atomic E-state index is 0.0649. The van der Waals surface area contributed by atoms with E-state index in [0.29, 0.717) is 0 Å². The molecule has 2 rings (SSSR count). The lowest BCUT2D eigenvalue weighted by molar-refractivity contribution is -0.123. The van der Waals surface area contributed by atoms with Crippen molar-refractivity contribution in [1.29, 1.82) is 0 Å². The smallest absolute Gasteiger partial charge is 0.243 e. The molecule has 0 aliphatic heterocycles. The summed E-state index contributed by atoms with van der Waals surface area (Å²) in [5.74, 6) is 0.488. The Kier molecular flexibility index (Phi) is 7.92. The molecule has 140 valence electrons. The van der Waals surface area contributed by atoms with Gasteiger partial charge in [-0.25, -0.2) is 0 Å². The van der Waals surface area contributed by atoms with E-state index in [1.807, 2.05) is 32.0 Å². The number of hydrogen-bond donors (Lipinski definition) is 2.